The molecule has 2 aromatic carbocycles. The first-order valence-corrected chi connectivity index (χ1v) is 9.26. The van der Waals surface area contributed by atoms with E-state index in [1.165, 1.54) is 22.9 Å². The Bertz CT molecular complexity index is 874. The van der Waals surface area contributed by atoms with Crippen LogP contribution in [-0.2, 0) is 11.3 Å². The Hall–Kier alpha value is -2.67. The van der Waals surface area contributed by atoms with Crippen molar-refractivity contribution in [3.05, 3.63) is 65.2 Å². The molecule has 0 aliphatic heterocycles. The topological polar surface area (TPSA) is 72.7 Å². The highest BCUT2D eigenvalue weighted by atomic mass is 32.2. The number of thioether (sulfide) groups is 1. The molecule has 6 nitrogen and oxygen atoms in total. The third kappa shape index (κ3) is 4.49. The molecule has 0 spiro atoms. The zero-order valence-electron chi connectivity index (χ0n) is 15.0. The van der Waals surface area contributed by atoms with Gasteiger partial charge in [-0.15, -0.1) is 5.10 Å². The van der Waals surface area contributed by atoms with Gasteiger partial charge in [-0.2, -0.15) is 4.68 Å². The summed E-state index contributed by atoms with van der Waals surface area (Å²) in [6.45, 7) is 6.43. The Morgan fingerprint density at radius 1 is 1.08 bits per heavy atom. The van der Waals surface area contributed by atoms with Crippen molar-refractivity contribution < 1.29 is 4.79 Å². The van der Waals surface area contributed by atoms with Crippen LogP contribution in [0.4, 0.5) is 0 Å². The number of amides is 1. The summed E-state index contributed by atoms with van der Waals surface area (Å²) >= 11 is 1.34. The lowest BCUT2D eigenvalue weighted by atomic mass is 10.1. The van der Waals surface area contributed by atoms with E-state index in [9.17, 15) is 4.79 Å². The van der Waals surface area contributed by atoms with Gasteiger partial charge in [-0.05, 0) is 48.9 Å². The van der Waals surface area contributed by atoms with E-state index in [2.05, 4.69) is 20.8 Å². The standard InChI is InChI=1S/C19H21N5OS/c1-13-4-8-16(9-5-13)12-20-18(25)15(3)26-19-21-22-23-24(19)17-10-6-14(2)7-11-17/h4-11,15H,12H2,1-3H3,(H,20,25). The fourth-order valence-electron chi connectivity index (χ4n) is 2.35. The molecular formula is C19H21N5OS. The second-order valence-corrected chi connectivity index (χ2v) is 7.48. The summed E-state index contributed by atoms with van der Waals surface area (Å²) in [7, 11) is 0. The molecule has 7 heteroatoms. The number of rotatable bonds is 6. The fraction of sp³-hybridized carbons (Fsp3) is 0.263. The Kier molecular flexibility index (Phi) is 5.68. The molecule has 3 aromatic rings. The normalized spacial score (nSPS) is 12.0. The monoisotopic (exact) mass is 367 g/mol. The number of nitrogens with one attached hydrogen (secondary N) is 1. The van der Waals surface area contributed by atoms with Crippen molar-refractivity contribution in [1.82, 2.24) is 25.5 Å². The molecule has 1 N–H and O–H groups in total. The summed E-state index contributed by atoms with van der Waals surface area (Å²) in [5.41, 5.74) is 4.31. The third-order valence-corrected chi connectivity index (χ3v) is 4.99. The molecular weight excluding hydrogens is 346 g/mol. The van der Waals surface area contributed by atoms with Crippen LogP contribution >= 0.6 is 11.8 Å². The molecule has 1 aromatic heterocycles. The van der Waals surface area contributed by atoms with E-state index in [4.69, 9.17) is 0 Å². The second-order valence-electron chi connectivity index (χ2n) is 6.17. The van der Waals surface area contributed by atoms with Crippen molar-refractivity contribution in [1.29, 1.82) is 0 Å². The van der Waals surface area contributed by atoms with Crippen LogP contribution in [0.1, 0.15) is 23.6 Å². The van der Waals surface area contributed by atoms with Crippen LogP contribution in [0, 0.1) is 13.8 Å². The highest BCUT2D eigenvalue weighted by molar-refractivity contribution is 8.00. The number of benzene rings is 2. The number of hydrogen-bond acceptors (Lipinski definition) is 5. The number of aryl methyl sites for hydroxylation is 2. The molecule has 134 valence electrons. The molecule has 0 aliphatic carbocycles. The van der Waals surface area contributed by atoms with Gasteiger partial charge in [0.15, 0.2) is 0 Å². The van der Waals surface area contributed by atoms with Gasteiger partial charge in [0.1, 0.15) is 0 Å². The van der Waals surface area contributed by atoms with Crippen LogP contribution in [0.2, 0.25) is 0 Å². The lowest BCUT2D eigenvalue weighted by Crippen LogP contribution is -2.30. The average molecular weight is 367 g/mol. The lowest BCUT2D eigenvalue weighted by molar-refractivity contribution is -0.120. The van der Waals surface area contributed by atoms with Crippen LogP contribution < -0.4 is 5.32 Å². The van der Waals surface area contributed by atoms with E-state index in [-0.39, 0.29) is 11.2 Å². The molecule has 0 aliphatic rings. The Morgan fingerprint density at radius 2 is 1.69 bits per heavy atom. The van der Waals surface area contributed by atoms with Crippen molar-refractivity contribution in [2.75, 3.05) is 0 Å². The Balaban J connectivity index is 1.62. The van der Waals surface area contributed by atoms with Gasteiger partial charge in [-0.3, -0.25) is 4.79 Å². The first kappa shape index (κ1) is 18.1. The van der Waals surface area contributed by atoms with Gasteiger partial charge in [-0.1, -0.05) is 59.3 Å². The second kappa shape index (κ2) is 8.14. The van der Waals surface area contributed by atoms with Gasteiger partial charge >= 0.3 is 0 Å². The van der Waals surface area contributed by atoms with Crippen LogP contribution in [0.5, 0.6) is 0 Å². The highest BCUT2D eigenvalue weighted by Crippen LogP contribution is 2.23. The molecule has 1 unspecified atom stereocenters. The minimum atomic E-state index is -0.310. The number of hydrogen-bond donors (Lipinski definition) is 1. The predicted octanol–water partition coefficient (Wildman–Crippen LogP) is 3.08. The largest absolute Gasteiger partial charge is 0.351 e. The van der Waals surface area contributed by atoms with Gasteiger partial charge in [0, 0.05) is 6.54 Å². The summed E-state index contributed by atoms with van der Waals surface area (Å²) in [5.74, 6) is -0.0472. The molecule has 1 amide bonds. The Morgan fingerprint density at radius 3 is 2.35 bits per heavy atom. The van der Waals surface area contributed by atoms with E-state index in [1.807, 2.05) is 69.3 Å². The maximum Gasteiger partial charge on any atom is 0.233 e. The van der Waals surface area contributed by atoms with Crippen molar-refractivity contribution in [2.45, 2.75) is 37.7 Å². The van der Waals surface area contributed by atoms with Gasteiger partial charge in [0.2, 0.25) is 11.1 Å². The minimum Gasteiger partial charge on any atom is -0.351 e. The molecule has 0 bridgehead atoms. The predicted molar refractivity (Wildman–Crippen MR) is 102 cm³/mol. The number of tetrazole rings is 1. The van der Waals surface area contributed by atoms with Crippen molar-refractivity contribution >= 4 is 17.7 Å². The van der Waals surface area contributed by atoms with Crippen molar-refractivity contribution in [3.8, 4) is 5.69 Å². The van der Waals surface area contributed by atoms with E-state index >= 15 is 0 Å². The summed E-state index contributed by atoms with van der Waals surface area (Å²) in [6, 6.07) is 16.0. The van der Waals surface area contributed by atoms with E-state index < -0.39 is 0 Å². The molecule has 0 saturated carbocycles. The highest BCUT2D eigenvalue weighted by Gasteiger charge is 2.19. The van der Waals surface area contributed by atoms with Gasteiger partial charge < -0.3 is 5.32 Å². The van der Waals surface area contributed by atoms with E-state index in [0.717, 1.165) is 11.3 Å². The average Bonchev–Trinajstić information content (AvgIpc) is 3.09. The molecule has 26 heavy (non-hydrogen) atoms. The molecule has 0 radical (unpaired) electrons. The van der Waals surface area contributed by atoms with Crippen LogP contribution in [0.3, 0.4) is 0 Å². The molecule has 0 fully saturated rings. The molecule has 1 heterocycles. The van der Waals surface area contributed by atoms with Crippen molar-refractivity contribution in [3.63, 3.8) is 0 Å². The lowest BCUT2D eigenvalue weighted by Gasteiger charge is -2.12. The maximum absolute atomic E-state index is 12.4. The first-order chi connectivity index (χ1) is 12.5. The van der Waals surface area contributed by atoms with Crippen molar-refractivity contribution in [2.24, 2.45) is 0 Å². The summed E-state index contributed by atoms with van der Waals surface area (Å²) in [5, 5.41) is 15.1. The number of aromatic nitrogens is 4. The number of nitrogens with zero attached hydrogens (tertiary/aromatic N) is 4. The number of carbonyl (C=O) groups is 1. The zero-order chi connectivity index (χ0) is 18.5. The van der Waals surface area contributed by atoms with Gasteiger partial charge in [-0.25, -0.2) is 0 Å². The smallest absolute Gasteiger partial charge is 0.233 e. The van der Waals surface area contributed by atoms with Gasteiger partial charge in [0.05, 0.1) is 10.9 Å². The van der Waals surface area contributed by atoms with Crippen LogP contribution in [-0.4, -0.2) is 31.4 Å². The Labute approximate surface area is 157 Å². The maximum atomic E-state index is 12.4. The summed E-state index contributed by atoms with van der Waals surface area (Å²) in [6.07, 6.45) is 0. The summed E-state index contributed by atoms with van der Waals surface area (Å²) < 4.78 is 1.65. The SMILES string of the molecule is Cc1ccc(CNC(=O)C(C)Sc2nnnn2-c2ccc(C)cc2)cc1. The third-order valence-electron chi connectivity index (χ3n) is 3.96. The first-order valence-electron chi connectivity index (χ1n) is 8.38. The van der Waals surface area contributed by atoms with Gasteiger partial charge in [0.25, 0.3) is 0 Å². The molecule has 0 saturated heterocycles. The minimum absolute atomic E-state index is 0.0472. The zero-order valence-corrected chi connectivity index (χ0v) is 15.8. The quantitative estimate of drug-likeness (QED) is 0.678. The van der Waals surface area contributed by atoms with E-state index in [0.29, 0.717) is 11.7 Å². The molecule has 1 atom stereocenters. The molecule has 3 rings (SSSR count). The summed E-state index contributed by atoms with van der Waals surface area (Å²) in [4.78, 5) is 12.4. The van der Waals surface area contributed by atoms with E-state index in [1.54, 1.807) is 4.68 Å². The van der Waals surface area contributed by atoms with Crippen LogP contribution in [0.25, 0.3) is 5.69 Å². The fourth-order valence-corrected chi connectivity index (χ4v) is 3.18. The number of carbonyl (C=O) groups excluding carboxylic acids is 1. The van der Waals surface area contributed by atoms with Crippen LogP contribution in [0.15, 0.2) is 53.7 Å².